The molecule has 7 heteroatoms. The molecule has 0 bridgehead atoms. The van der Waals surface area contributed by atoms with Crippen LogP contribution in [0.25, 0.3) is 0 Å². The SMILES string of the molecule is N#CCOc1ccc(NS(=O)(=O)c2ccc(CCCCl)cc2)cc1. The summed E-state index contributed by atoms with van der Waals surface area (Å²) in [5.74, 6) is 1.08. The summed E-state index contributed by atoms with van der Waals surface area (Å²) in [6.07, 6.45) is 1.67. The minimum absolute atomic E-state index is 0.0544. The van der Waals surface area contributed by atoms with Gasteiger partial charge in [0, 0.05) is 11.6 Å². The highest BCUT2D eigenvalue weighted by molar-refractivity contribution is 7.92. The third-order valence-corrected chi connectivity index (χ3v) is 4.91. The molecule has 0 amide bonds. The maximum absolute atomic E-state index is 12.4. The van der Waals surface area contributed by atoms with Crippen LogP contribution in [-0.2, 0) is 16.4 Å². The number of ether oxygens (including phenoxy) is 1. The highest BCUT2D eigenvalue weighted by Gasteiger charge is 2.14. The van der Waals surface area contributed by atoms with Gasteiger partial charge in [-0.3, -0.25) is 4.72 Å². The van der Waals surface area contributed by atoms with Crippen molar-refractivity contribution in [2.75, 3.05) is 17.2 Å². The zero-order valence-electron chi connectivity index (χ0n) is 12.9. The monoisotopic (exact) mass is 364 g/mol. The quantitative estimate of drug-likeness (QED) is 0.726. The lowest BCUT2D eigenvalue weighted by Crippen LogP contribution is -2.12. The van der Waals surface area contributed by atoms with Crippen molar-refractivity contribution in [1.82, 2.24) is 0 Å². The summed E-state index contributed by atoms with van der Waals surface area (Å²) < 4.78 is 32.4. The molecule has 5 nitrogen and oxygen atoms in total. The molecule has 24 heavy (non-hydrogen) atoms. The number of alkyl halides is 1. The first-order chi connectivity index (χ1) is 11.5. The predicted octanol–water partition coefficient (Wildman–Crippen LogP) is 3.56. The van der Waals surface area contributed by atoms with Crippen molar-refractivity contribution >= 4 is 27.3 Å². The van der Waals surface area contributed by atoms with Crippen molar-refractivity contribution in [3.05, 3.63) is 54.1 Å². The van der Waals surface area contributed by atoms with E-state index in [9.17, 15) is 8.42 Å². The van der Waals surface area contributed by atoms with Crippen LogP contribution in [0.2, 0.25) is 0 Å². The summed E-state index contributed by atoms with van der Waals surface area (Å²) in [5.41, 5.74) is 1.47. The van der Waals surface area contributed by atoms with Crippen LogP contribution >= 0.6 is 11.6 Å². The van der Waals surface area contributed by atoms with Crippen molar-refractivity contribution in [3.8, 4) is 11.8 Å². The summed E-state index contributed by atoms with van der Waals surface area (Å²) >= 11 is 5.65. The summed E-state index contributed by atoms with van der Waals surface area (Å²) in [5, 5.41) is 8.46. The molecule has 0 radical (unpaired) electrons. The maximum atomic E-state index is 12.4. The third-order valence-electron chi connectivity index (χ3n) is 3.24. The third kappa shape index (κ3) is 5.15. The Balaban J connectivity index is 2.06. The van der Waals surface area contributed by atoms with Crippen molar-refractivity contribution < 1.29 is 13.2 Å². The van der Waals surface area contributed by atoms with E-state index < -0.39 is 10.0 Å². The fraction of sp³-hybridized carbons (Fsp3) is 0.235. The Morgan fingerprint density at radius 3 is 2.33 bits per heavy atom. The Bertz CT molecular complexity index is 797. The van der Waals surface area contributed by atoms with Crippen LogP contribution in [0.5, 0.6) is 5.75 Å². The first kappa shape index (κ1) is 18.1. The average Bonchev–Trinajstić information content (AvgIpc) is 2.59. The number of nitriles is 1. The lowest BCUT2D eigenvalue weighted by molar-refractivity contribution is 0.368. The van der Waals surface area contributed by atoms with Gasteiger partial charge in [-0.15, -0.1) is 11.6 Å². The van der Waals surface area contributed by atoms with Crippen LogP contribution in [-0.4, -0.2) is 20.9 Å². The first-order valence-electron chi connectivity index (χ1n) is 7.33. The van der Waals surface area contributed by atoms with Gasteiger partial charge in [-0.05, 0) is 54.8 Å². The van der Waals surface area contributed by atoms with E-state index in [0.29, 0.717) is 17.3 Å². The minimum Gasteiger partial charge on any atom is -0.479 e. The maximum Gasteiger partial charge on any atom is 0.261 e. The van der Waals surface area contributed by atoms with Gasteiger partial charge >= 0.3 is 0 Å². The number of rotatable bonds is 8. The summed E-state index contributed by atoms with van der Waals surface area (Å²) in [6, 6.07) is 15.0. The van der Waals surface area contributed by atoms with E-state index in [1.54, 1.807) is 48.5 Å². The lowest BCUT2D eigenvalue weighted by atomic mass is 10.1. The Morgan fingerprint density at radius 1 is 1.08 bits per heavy atom. The van der Waals surface area contributed by atoms with E-state index in [0.717, 1.165) is 18.4 Å². The molecule has 2 rings (SSSR count). The van der Waals surface area contributed by atoms with Gasteiger partial charge in [0.25, 0.3) is 10.0 Å². The summed E-state index contributed by atoms with van der Waals surface area (Å²) in [6.45, 7) is -0.0544. The van der Waals surface area contributed by atoms with Crippen LogP contribution in [0.15, 0.2) is 53.4 Å². The highest BCUT2D eigenvalue weighted by atomic mass is 35.5. The Kier molecular flexibility index (Phi) is 6.47. The molecular formula is C17H17ClN2O3S. The molecule has 0 atom stereocenters. The van der Waals surface area contributed by atoms with Crippen LogP contribution < -0.4 is 9.46 Å². The van der Waals surface area contributed by atoms with Crippen LogP contribution in [0, 0.1) is 11.3 Å². The van der Waals surface area contributed by atoms with Crippen LogP contribution in [0.1, 0.15) is 12.0 Å². The van der Waals surface area contributed by atoms with Crippen molar-refractivity contribution in [2.45, 2.75) is 17.7 Å². The number of nitrogens with one attached hydrogen (secondary N) is 1. The number of benzene rings is 2. The van der Waals surface area contributed by atoms with Crippen LogP contribution in [0.4, 0.5) is 5.69 Å². The molecule has 126 valence electrons. The molecule has 2 aromatic rings. The van der Waals surface area contributed by atoms with Gasteiger partial charge in [0.15, 0.2) is 6.61 Å². The number of hydrogen-bond acceptors (Lipinski definition) is 4. The van der Waals surface area contributed by atoms with Gasteiger partial charge in [-0.25, -0.2) is 8.42 Å². The predicted molar refractivity (Wildman–Crippen MR) is 93.8 cm³/mol. The van der Waals surface area contributed by atoms with E-state index in [2.05, 4.69) is 4.72 Å². The molecule has 0 heterocycles. The second-order valence-electron chi connectivity index (χ2n) is 5.01. The van der Waals surface area contributed by atoms with E-state index >= 15 is 0 Å². The molecule has 0 aromatic heterocycles. The van der Waals surface area contributed by atoms with Gasteiger partial charge in [-0.1, -0.05) is 12.1 Å². The molecule has 0 aliphatic heterocycles. The molecular weight excluding hydrogens is 348 g/mol. The zero-order chi connectivity index (χ0) is 17.4. The smallest absolute Gasteiger partial charge is 0.261 e. The minimum atomic E-state index is -3.65. The first-order valence-corrected chi connectivity index (χ1v) is 9.34. The Hall–Kier alpha value is -2.23. The average molecular weight is 365 g/mol. The molecule has 2 aromatic carbocycles. The van der Waals surface area contributed by atoms with E-state index in [1.807, 2.05) is 6.07 Å². The lowest BCUT2D eigenvalue weighted by Gasteiger charge is -2.09. The molecule has 0 fully saturated rings. The number of hydrogen-bond donors (Lipinski definition) is 1. The number of anilines is 1. The molecule has 0 aliphatic carbocycles. The molecule has 0 spiro atoms. The van der Waals surface area contributed by atoms with Gasteiger partial charge in [0.05, 0.1) is 4.90 Å². The number of aryl methyl sites for hydroxylation is 1. The topological polar surface area (TPSA) is 79.2 Å². The van der Waals surface area contributed by atoms with Crippen LogP contribution in [0.3, 0.4) is 0 Å². The fourth-order valence-electron chi connectivity index (χ4n) is 2.06. The van der Waals surface area contributed by atoms with Crippen molar-refractivity contribution in [2.24, 2.45) is 0 Å². The van der Waals surface area contributed by atoms with E-state index in [4.69, 9.17) is 21.6 Å². The number of sulfonamides is 1. The van der Waals surface area contributed by atoms with Gasteiger partial charge < -0.3 is 4.74 Å². The van der Waals surface area contributed by atoms with Crippen molar-refractivity contribution in [3.63, 3.8) is 0 Å². The zero-order valence-corrected chi connectivity index (χ0v) is 14.5. The van der Waals surface area contributed by atoms with Gasteiger partial charge in [0.1, 0.15) is 11.8 Å². The highest BCUT2D eigenvalue weighted by Crippen LogP contribution is 2.20. The second-order valence-corrected chi connectivity index (χ2v) is 7.07. The normalized spacial score (nSPS) is 10.8. The summed E-state index contributed by atoms with van der Waals surface area (Å²) in [7, 11) is -3.65. The van der Waals surface area contributed by atoms with E-state index in [-0.39, 0.29) is 11.5 Å². The molecule has 0 saturated carbocycles. The van der Waals surface area contributed by atoms with Gasteiger partial charge in [-0.2, -0.15) is 5.26 Å². The molecule has 0 saturated heterocycles. The molecule has 0 unspecified atom stereocenters. The fourth-order valence-corrected chi connectivity index (χ4v) is 3.25. The number of halogens is 1. The summed E-state index contributed by atoms with van der Waals surface area (Å²) in [4.78, 5) is 0.196. The molecule has 0 aliphatic rings. The standard InChI is InChI=1S/C17H17ClN2O3S/c18-11-1-2-14-3-9-17(10-4-14)24(21,22)20-15-5-7-16(8-6-15)23-13-12-19/h3-10,20H,1-2,11,13H2. The second kappa shape index (κ2) is 8.57. The largest absolute Gasteiger partial charge is 0.479 e. The van der Waals surface area contributed by atoms with Gasteiger partial charge in [0.2, 0.25) is 0 Å². The Labute approximate surface area is 146 Å². The van der Waals surface area contributed by atoms with Crippen molar-refractivity contribution in [1.29, 1.82) is 5.26 Å². The number of nitrogens with zero attached hydrogens (tertiary/aromatic N) is 1. The molecule has 1 N–H and O–H groups in total. The Morgan fingerprint density at radius 2 is 1.75 bits per heavy atom. The van der Waals surface area contributed by atoms with E-state index in [1.165, 1.54) is 0 Å².